The number of nitrogens with one attached hydrogen (secondary N) is 1. The van der Waals surface area contributed by atoms with Gasteiger partial charge in [-0.2, -0.15) is 0 Å². The van der Waals surface area contributed by atoms with Crippen LogP contribution in [-0.2, 0) is 0 Å². The van der Waals surface area contributed by atoms with Crippen molar-refractivity contribution in [3.63, 3.8) is 0 Å². The Bertz CT molecular complexity index is 243. The minimum atomic E-state index is 0.381. The van der Waals surface area contributed by atoms with Crippen molar-refractivity contribution in [3.8, 4) is 0 Å². The molecule has 0 aliphatic rings. The van der Waals surface area contributed by atoms with Crippen molar-refractivity contribution < 1.29 is 0 Å². The van der Waals surface area contributed by atoms with E-state index in [0.717, 1.165) is 12.1 Å². The van der Waals surface area contributed by atoms with Gasteiger partial charge in [0, 0.05) is 23.5 Å². The molecule has 1 unspecified atom stereocenters. The molecule has 66 valence electrons. The summed E-state index contributed by atoms with van der Waals surface area (Å²) in [5.41, 5.74) is 2.26. The quantitative estimate of drug-likeness (QED) is 0.736. The fourth-order valence-electron chi connectivity index (χ4n) is 1.32. The van der Waals surface area contributed by atoms with Crippen molar-refractivity contribution in [3.05, 3.63) is 23.8 Å². The second kappa shape index (κ2) is 4.16. The van der Waals surface area contributed by atoms with E-state index in [-0.39, 0.29) is 0 Å². The zero-order valence-electron chi connectivity index (χ0n) is 7.83. The van der Waals surface area contributed by atoms with E-state index >= 15 is 0 Å². The van der Waals surface area contributed by atoms with E-state index in [1.807, 2.05) is 20.2 Å². The van der Waals surface area contributed by atoms with E-state index in [1.165, 1.54) is 5.56 Å². The molecule has 0 aliphatic carbocycles. The first-order chi connectivity index (χ1) is 5.79. The van der Waals surface area contributed by atoms with Gasteiger partial charge in [-0.15, -0.1) is 0 Å². The van der Waals surface area contributed by atoms with E-state index in [9.17, 15) is 0 Å². The minimum Gasteiger partial charge on any atom is -0.313 e. The molecule has 1 rings (SSSR count). The molecule has 0 fully saturated rings. The SMILES string of the molecule is CCC(NC)c1cncnc1C. The van der Waals surface area contributed by atoms with E-state index in [2.05, 4.69) is 22.2 Å². The molecule has 1 heterocycles. The third-order valence-electron chi connectivity index (χ3n) is 2.08. The summed E-state index contributed by atoms with van der Waals surface area (Å²) in [6, 6.07) is 0.381. The molecule has 1 aromatic rings. The van der Waals surface area contributed by atoms with Crippen molar-refractivity contribution in [2.75, 3.05) is 7.05 Å². The number of hydrogen-bond donors (Lipinski definition) is 1. The van der Waals surface area contributed by atoms with Crippen LogP contribution in [0.3, 0.4) is 0 Å². The van der Waals surface area contributed by atoms with Gasteiger partial charge in [0.15, 0.2) is 0 Å². The zero-order valence-corrected chi connectivity index (χ0v) is 7.83. The van der Waals surface area contributed by atoms with Crippen molar-refractivity contribution in [2.24, 2.45) is 0 Å². The van der Waals surface area contributed by atoms with Gasteiger partial charge in [-0.05, 0) is 20.4 Å². The molecule has 0 aliphatic heterocycles. The van der Waals surface area contributed by atoms with Gasteiger partial charge in [0.1, 0.15) is 6.33 Å². The Hall–Kier alpha value is -0.960. The standard InChI is InChI=1S/C9H15N3/c1-4-9(10-3)8-5-11-6-12-7(8)2/h5-6,9-10H,4H2,1-3H3. The van der Waals surface area contributed by atoms with Crippen molar-refractivity contribution in [1.29, 1.82) is 0 Å². The summed E-state index contributed by atoms with van der Waals surface area (Å²) >= 11 is 0. The highest BCUT2D eigenvalue weighted by Crippen LogP contribution is 2.16. The maximum Gasteiger partial charge on any atom is 0.115 e. The normalized spacial score (nSPS) is 12.9. The second-order valence-electron chi connectivity index (χ2n) is 2.81. The lowest BCUT2D eigenvalue weighted by atomic mass is 10.1. The molecule has 1 aromatic heterocycles. The summed E-state index contributed by atoms with van der Waals surface area (Å²) in [7, 11) is 1.96. The monoisotopic (exact) mass is 165 g/mol. The topological polar surface area (TPSA) is 37.8 Å². The molecule has 0 spiro atoms. The molecule has 1 N–H and O–H groups in total. The van der Waals surface area contributed by atoms with Crippen LogP contribution >= 0.6 is 0 Å². The first kappa shape index (κ1) is 9.13. The molecule has 0 amide bonds. The summed E-state index contributed by atoms with van der Waals surface area (Å²) in [6.07, 6.45) is 4.53. The Morgan fingerprint density at radius 2 is 2.33 bits per heavy atom. The Morgan fingerprint density at radius 1 is 1.58 bits per heavy atom. The molecule has 3 heteroatoms. The Kier molecular flexibility index (Phi) is 3.17. The first-order valence-corrected chi connectivity index (χ1v) is 4.23. The lowest BCUT2D eigenvalue weighted by Crippen LogP contribution is -2.17. The lowest BCUT2D eigenvalue weighted by Gasteiger charge is -2.14. The largest absolute Gasteiger partial charge is 0.313 e. The van der Waals surface area contributed by atoms with Crippen molar-refractivity contribution in [2.45, 2.75) is 26.3 Å². The third kappa shape index (κ3) is 1.80. The van der Waals surface area contributed by atoms with Gasteiger partial charge in [0.05, 0.1) is 0 Å². The number of aromatic nitrogens is 2. The summed E-state index contributed by atoms with van der Waals surface area (Å²) < 4.78 is 0. The van der Waals surface area contributed by atoms with E-state index in [0.29, 0.717) is 6.04 Å². The molecule has 0 aromatic carbocycles. The van der Waals surface area contributed by atoms with Gasteiger partial charge in [-0.1, -0.05) is 6.92 Å². The maximum atomic E-state index is 4.14. The van der Waals surface area contributed by atoms with Crippen LogP contribution in [0.5, 0.6) is 0 Å². The maximum absolute atomic E-state index is 4.14. The zero-order chi connectivity index (χ0) is 8.97. The molecule has 1 atom stereocenters. The van der Waals surface area contributed by atoms with E-state index in [4.69, 9.17) is 0 Å². The van der Waals surface area contributed by atoms with Crippen LogP contribution < -0.4 is 5.32 Å². The molecule has 12 heavy (non-hydrogen) atoms. The molecule has 0 saturated carbocycles. The van der Waals surface area contributed by atoms with Crippen molar-refractivity contribution >= 4 is 0 Å². The highest BCUT2D eigenvalue weighted by molar-refractivity contribution is 5.18. The molecule has 3 nitrogen and oxygen atoms in total. The van der Waals surface area contributed by atoms with Crippen molar-refractivity contribution in [1.82, 2.24) is 15.3 Å². The Labute approximate surface area is 73.2 Å². The first-order valence-electron chi connectivity index (χ1n) is 4.23. The van der Waals surface area contributed by atoms with Gasteiger partial charge in [-0.3, -0.25) is 0 Å². The third-order valence-corrected chi connectivity index (χ3v) is 2.08. The fourth-order valence-corrected chi connectivity index (χ4v) is 1.32. The summed E-state index contributed by atoms with van der Waals surface area (Å²) in [5, 5.41) is 3.23. The minimum absolute atomic E-state index is 0.381. The van der Waals surface area contributed by atoms with Gasteiger partial charge < -0.3 is 5.32 Å². The molecular weight excluding hydrogens is 150 g/mol. The predicted molar refractivity (Wildman–Crippen MR) is 48.9 cm³/mol. The van der Waals surface area contributed by atoms with Crippen LogP contribution in [-0.4, -0.2) is 17.0 Å². The van der Waals surface area contributed by atoms with E-state index < -0.39 is 0 Å². The number of hydrogen-bond acceptors (Lipinski definition) is 3. The average Bonchev–Trinajstić information content (AvgIpc) is 2.10. The predicted octanol–water partition coefficient (Wildman–Crippen LogP) is 1.46. The number of aryl methyl sites for hydroxylation is 1. The van der Waals surface area contributed by atoms with Crippen LogP contribution in [0.4, 0.5) is 0 Å². The lowest BCUT2D eigenvalue weighted by molar-refractivity contribution is 0.568. The van der Waals surface area contributed by atoms with Crippen LogP contribution in [0.2, 0.25) is 0 Å². The highest BCUT2D eigenvalue weighted by atomic mass is 14.9. The van der Waals surface area contributed by atoms with Gasteiger partial charge in [0.2, 0.25) is 0 Å². The highest BCUT2D eigenvalue weighted by Gasteiger charge is 2.09. The number of nitrogens with zero attached hydrogens (tertiary/aromatic N) is 2. The average molecular weight is 165 g/mol. The van der Waals surface area contributed by atoms with E-state index in [1.54, 1.807) is 6.33 Å². The summed E-state index contributed by atoms with van der Waals surface area (Å²) in [4.78, 5) is 8.16. The van der Waals surface area contributed by atoms with Crippen LogP contribution in [0.15, 0.2) is 12.5 Å². The molecule has 0 bridgehead atoms. The second-order valence-corrected chi connectivity index (χ2v) is 2.81. The molecule has 0 radical (unpaired) electrons. The Morgan fingerprint density at radius 3 is 2.83 bits per heavy atom. The smallest absolute Gasteiger partial charge is 0.115 e. The van der Waals surface area contributed by atoms with Crippen LogP contribution in [0.25, 0.3) is 0 Å². The molecular formula is C9H15N3. The summed E-state index contributed by atoms with van der Waals surface area (Å²) in [6.45, 7) is 4.16. The van der Waals surface area contributed by atoms with Crippen LogP contribution in [0.1, 0.15) is 30.6 Å². The van der Waals surface area contributed by atoms with Gasteiger partial charge in [0.25, 0.3) is 0 Å². The molecule has 0 saturated heterocycles. The summed E-state index contributed by atoms with van der Waals surface area (Å²) in [5.74, 6) is 0. The number of rotatable bonds is 3. The van der Waals surface area contributed by atoms with Gasteiger partial charge >= 0.3 is 0 Å². The fraction of sp³-hybridized carbons (Fsp3) is 0.556. The van der Waals surface area contributed by atoms with Gasteiger partial charge in [-0.25, -0.2) is 9.97 Å². The Balaban J connectivity index is 2.92. The van der Waals surface area contributed by atoms with Crippen LogP contribution in [0, 0.1) is 6.92 Å².